The van der Waals surface area contributed by atoms with Crippen molar-refractivity contribution in [2.75, 3.05) is 11.1 Å². The Hall–Kier alpha value is -2.32. The summed E-state index contributed by atoms with van der Waals surface area (Å²) in [5.74, 6) is -0.274. The molecule has 0 saturated heterocycles. The SMILES string of the molecule is O=C(CSc1nccc(-c2ccc(F)cc2)n1)Nc1nccs1. The molecule has 0 aliphatic carbocycles. The van der Waals surface area contributed by atoms with Gasteiger partial charge in [-0.15, -0.1) is 11.3 Å². The molecule has 2 aromatic heterocycles. The lowest BCUT2D eigenvalue weighted by Gasteiger charge is -2.04. The third kappa shape index (κ3) is 4.33. The van der Waals surface area contributed by atoms with Crippen molar-refractivity contribution >= 4 is 34.1 Å². The number of hydrogen-bond donors (Lipinski definition) is 1. The lowest BCUT2D eigenvalue weighted by molar-refractivity contribution is -0.113. The molecular weight excluding hydrogens is 335 g/mol. The number of rotatable bonds is 5. The summed E-state index contributed by atoms with van der Waals surface area (Å²) in [5.41, 5.74) is 1.48. The van der Waals surface area contributed by atoms with Gasteiger partial charge in [-0.1, -0.05) is 11.8 Å². The largest absolute Gasteiger partial charge is 0.301 e. The molecule has 0 bridgehead atoms. The third-order valence-corrected chi connectivity index (χ3v) is 4.33. The van der Waals surface area contributed by atoms with Crippen LogP contribution < -0.4 is 5.32 Å². The zero-order valence-electron chi connectivity index (χ0n) is 11.8. The first-order valence-electron chi connectivity index (χ1n) is 6.62. The van der Waals surface area contributed by atoms with E-state index < -0.39 is 0 Å². The lowest BCUT2D eigenvalue weighted by Crippen LogP contribution is -2.14. The highest BCUT2D eigenvalue weighted by Gasteiger charge is 2.08. The predicted molar refractivity (Wildman–Crippen MR) is 88.9 cm³/mol. The maximum Gasteiger partial charge on any atom is 0.236 e. The fraction of sp³-hybridized carbons (Fsp3) is 0.0667. The molecule has 0 unspecified atom stereocenters. The highest BCUT2D eigenvalue weighted by molar-refractivity contribution is 7.99. The van der Waals surface area contributed by atoms with Gasteiger partial charge < -0.3 is 5.32 Å². The van der Waals surface area contributed by atoms with E-state index in [4.69, 9.17) is 0 Å². The highest BCUT2D eigenvalue weighted by Crippen LogP contribution is 2.20. The van der Waals surface area contributed by atoms with E-state index in [0.717, 1.165) is 5.56 Å². The molecule has 0 aliphatic rings. The highest BCUT2D eigenvalue weighted by atomic mass is 32.2. The molecule has 2 heterocycles. The van der Waals surface area contributed by atoms with Gasteiger partial charge in [-0.25, -0.2) is 19.3 Å². The molecule has 0 aliphatic heterocycles. The number of benzene rings is 1. The minimum Gasteiger partial charge on any atom is -0.301 e. The van der Waals surface area contributed by atoms with Crippen LogP contribution in [0.15, 0.2) is 53.3 Å². The first-order chi connectivity index (χ1) is 11.2. The first-order valence-corrected chi connectivity index (χ1v) is 8.48. The first kappa shape index (κ1) is 15.6. The molecule has 8 heteroatoms. The summed E-state index contributed by atoms with van der Waals surface area (Å²) in [7, 11) is 0. The van der Waals surface area contributed by atoms with Crippen LogP contribution in [-0.4, -0.2) is 26.6 Å². The van der Waals surface area contributed by atoms with E-state index in [1.165, 1.54) is 35.2 Å². The number of nitrogens with one attached hydrogen (secondary N) is 1. The number of hydrogen-bond acceptors (Lipinski definition) is 6. The second kappa shape index (κ2) is 7.30. The van der Waals surface area contributed by atoms with Crippen LogP contribution in [0.3, 0.4) is 0 Å². The van der Waals surface area contributed by atoms with Gasteiger partial charge in [0.1, 0.15) is 5.82 Å². The Kier molecular flexibility index (Phi) is 4.94. The quantitative estimate of drug-likeness (QED) is 0.566. The van der Waals surface area contributed by atoms with E-state index in [1.54, 1.807) is 36.0 Å². The predicted octanol–water partition coefficient (Wildman–Crippen LogP) is 3.47. The number of carbonyl (C=O) groups excluding carboxylic acids is 1. The average Bonchev–Trinajstić information content (AvgIpc) is 3.07. The maximum atomic E-state index is 13.0. The standard InChI is InChI=1S/C15H11FN4OS2/c16-11-3-1-10(2-4-11)12-5-6-17-14(19-12)23-9-13(21)20-15-18-7-8-22-15/h1-8H,9H2,(H,18,20,21). The fourth-order valence-electron chi connectivity index (χ4n) is 1.76. The van der Waals surface area contributed by atoms with Crippen LogP contribution in [0.25, 0.3) is 11.3 Å². The summed E-state index contributed by atoms with van der Waals surface area (Å²) >= 11 is 2.59. The summed E-state index contributed by atoms with van der Waals surface area (Å²) in [4.78, 5) is 24.3. The Morgan fingerprint density at radius 2 is 2.00 bits per heavy atom. The molecule has 1 amide bonds. The third-order valence-electron chi connectivity index (χ3n) is 2.78. The number of halogens is 1. The summed E-state index contributed by atoms with van der Waals surface area (Å²) < 4.78 is 13.0. The molecule has 116 valence electrons. The van der Waals surface area contributed by atoms with Crippen molar-refractivity contribution < 1.29 is 9.18 Å². The van der Waals surface area contributed by atoms with Crippen LogP contribution in [0, 0.1) is 5.82 Å². The molecule has 0 radical (unpaired) electrons. The van der Waals surface area contributed by atoms with E-state index in [-0.39, 0.29) is 17.5 Å². The molecule has 3 aromatic rings. The monoisotopic (exact) mass is 346 g/mol. The van der Waals surface area contributed by atoms with Crippen molar-refractivity contribution in [3.63, 3.8) is 0 Å². The van der Waals surface area contributed by atoms with Crippen LogP contribution in [0.1, 0.15) is 0 Å². The number of nitrogens with zero attached hydrogens (tertiary/aromatic N) is 3. The van der Waals surface area contributed by atoms with E-state index >= 15 is 0 Å². The minimum atomic E-state index is -0.295. The molecule has 0 saturated carbocycles. The number of amides is 1. The van der Waals surface area contributed by atoms with Gasteiger partial charge in [0.15, 0.2) is 10.3 Å². The number of aromatic nitrogens is 3. The Bertz CT molecular complexity index is 794. The van der Waals surface area contributed by atoms with E-state index in [1.807, 2.05) is 0 Å². The van der Waals surface area contributed by atoms with Crippen LogP contribution >= 0.6 is 23.1 Å². The van der Waals surface area contributed by atoms with E-state index in [9.17, 15) is 9.18 Å². The van der Waals surface area contributed by atoms with Gasteiger partial charge >= 0.3 is 0 Å². The normalized spacial score (nSPS) is 10.5. The second-order valence-corrected chi connectivity index (χ2v) is 6.24. The molecule has 3 rings (SSSR count). The van der Waals surface area contributed by atoms with Crippen molar-refractivity contribution in [3.8, 4) is 11.3 Å². The minimum absolute atomic E-state index is 0.166. The summed E-state index contributed by atoms with van der Waals surface area (Å²) in [6.07, 6.45) is 3.25. The van der Waals surface area contributed by atoms with Gasteiger partial charge in [0, 0.05) is 23.3 Å². The lowest BCUT2D eigenvalue weighted by atomic mass is 10.1. The molecule has 1 aromatic carbocycles. The van der Waals surface area contributed by atoms with Gasteiger partial charge in [0.25, 0.3) is 0 Å². The van der Waals surface area contributed by atoms with E-state index in [0.29, 0.717) is 16.0 Å². The molecular formula is C15H11FN4OS2. The van der Waals surface area contributed by atoms with E-state index in [2.05, 4.69) is 20.3 Å². The van der Waals surface area contributed by atoms with Crippen LogP contribution in [0.5, 0.6) is 0 Å². The zero-order valence-corrected chi connectivity index (χ0v) is 13.4. The maximum absolute atomic E-state index is 13.0. The number of carbonyl (C=O) groups is 1. The van der Waals surface area contributed by atoms with Gasteiger partial charge in [-0.3, -0.25) is 4.79 Å². The Morgan fingerprint density at radius 3 is 2.74 bits per heavy atom. The molecule has 5 nitrogen and oxygen atoms in total. The molecule has 23 heavy (non-hydrogen) atoms. The molecule has 0 fully saturated rings. The fourth-order valence-corrected chi connectivity index (χ4v) is 2.94. The van der Waals surface area contributed by atoms with Crippen molar-refractivity contribution in [2.24, 2.45) is 0 Å². The number of thioether (sulfide) groups is 1. The Morgan fingerprint density at radius 1 is 1.17 bits per heavy atom. The number of anilines is 1. The van der Waals surface area contributed by atoms with Gasteiger partial charge in [0.05, 0.1) is 11.4 Å². The van der Waals surface area contributed by atoms with Crippen LogP contribution in [0.4, 0.5) is 9.52 Å². The van der Waals surface area contributed by atoms with Gasteiger partial charge in [-0.2, -0.15) is 0 Å². The number of thiazole rings is 1. The van der Waals surface area contributed by atoms with Gasteiger partial charge in [-0.05, 0) is 30.3 Å². The molecule has 1 N–H and O–H groups in total. The second-order valence-electron chi connectivity index (χ2n) is 4.41. The topological polar surface area (TPSA) is 67.8 Å². The summed E-state index contributed by atoms with van der Waals surface area (Å²) in [5, 5.41) is 5.54. The molecule has 0 atom stereocenters. The summed E-state index contributed by atoms with van der Waals surface area (Å²) in [6, 6.07) is 7.81. The zero-order chi connectivity index (χ0) is 16.1. The average molecular weight is 346 g/mol. The van der Waals surface area contributed by atoms with Crippen LogP contribution in [-0.2, 0) is 4.79 Å². The molecule has 0 spiro atoms. The van der Waals surface area contributed by atoms with Crippen molar-refractivity contribution in [1.29, 1.82) is 0 Å². The smallest absolute Gasteiger partial charge is 0.236 e. The Balaban J connectivity index is 1.63. The summed E-state index contributed by atoms with van der Waals surface area (Å²) in [6.45, 7) is 0. The van der Waals surface area contributed by atoms with Crippen molar-refractivity contribution in [2.45, 2.75) is 5.16 Å². The van der Waals surface area contributed by atoms with Crippen LogP contribution in [0.2, 0.25) is 0 Å². The van der Waals surface area contributed by atoms with Crippen molar-refractivity contribution in [1.82, 2.24) is 15.0 Å². The van der Waals surface area contributed by atoms with Gasteiger partial charge in [0.2, 0.25) is 5.91 Å². The Labute approximate surface area is 140 Å². The van der Waals surface area contributed by atoms with Crippen molar-refractivity contribution in [3.05, 3.63) is 53.9 Å².